The number of hydrogen-bond donors (Lipinski definition) is 2. The zero-order valence-electron chi connectivity index (χ0n) is 8.95. The number of benzene rings is 1. The van der Waals surface area contributed by atoms with Gasteiger partial charge >= 0.3 is 5.97 Å². The highest BCUT2D eigenvalue weighted by molar-refractivity contribution is 5.90. The summed E-state index contributed by atoms with van der Waals surface area (Å²) in [7, 11) is 1.32. The quantitative estimate of drug-likeness (QED) is 0.797. The van der Waals surface area contributed by atoms with Gasteiger partial charge in [-0.2, -0.15) is 0 Å². The Balaban J connectivity index is 3.11. The van der Waals surface area contributed by atoms with E-state index in [9.17, 15) is 18.0 Å². The van der Waals surface area contributed by atoms with Crippen LogP contribution in [-0.2, 0) is 0 Å². The minimum Gasteiger partial charge on any atom is -0.478 e. The zero-order chi connectivity index (χ0) is 13.2. The lowest BCUT2D eigenvalue weighted by Gasteiger charge is -2.21. The number of carboxylic acids is 1. The summed E-state index contributed by atoms with van der Waals surface area (Å²) in [4.78, 5) is 11.7. The topological polar surface area (TPSA) is 66.6 Å². The van der Waals surface area contributed by atoms with Crippen molar-refractivity contribution in [2.24, 2.45) is 0 Å². The van der Waals surface area contributed by atoms with E-state index in [4.69, 9.17) is 10.8 Å². The molecule has 4 nitrogen and oxygen atoms in total. The molecule has 0 aromatic heterocycles. The fourth-order valence-electron chi connectivity index (χ4n) is 1.38. The molecule has 0 saturated carbocycles. The molecular formula is C10H11F3N2O2. The molecule has 0 aliphatic carbocycles. The summed E-state index contributed by atoms with van der Waals surface area (Å²) in [6.45, 7) is -0.615. The second-order valence-electron chi connectivity index (χ2n) is 3.47. The van der Waals surface area contributed by atoms with E-state index in [2.05, 4.69) is 0 Å². The summed E-state index contributed by atoms with van der Waals surface area (Å²) in [5, 5.41) is 8.64. The summed E-state index contributed by atoms with van der Waals surface area (Å²) >= 11 is 0. The van der Waals surface area contributed by atoms with Crippen LogP contribution in [-0.4, -0.2) is 31.1 Å². The number of halogens is 3. The fourth-order valence-corrected chi connectivity index (χ4v) is 1.38. The van der Waals surface area contributed by atoms with Gasteiger partial charge in [-0.15, -0.1) is 0 Å². The summed E-state index contributed by atoms with van der Waals surface area (Å²) in [6.07, 6.45) is -2.60. The van der Waals surface area contributed by atoms with Crippen LogP contribution in [0.15, 0.2) is 12.1 Å². The van der Waals surface area contributed by atoms with Crippen LogP contribution in [0.4, 0.5) is 24.5 Å². The molecule has 0 aliphatic heterocycles. The van der Waals surface area contributed by atoms with E-state index < -0.39 is 30.3 Å². The third kappa shape index (κ3) is 3.02. The molecule has 1 aromatic carbocycles. The van der Waals surface area contributed by atoms with Gasteiger partial charge in [0.2, 0.25) is 0 Å². The normalized spacial score (nSPS) is 10.6. The van der Waals surface area contributed by atoms with Crippen LogP contribution in [0, 0.1) is 5.82 Å². The van der Waals surface area contributed by atoms with E-state index in [1.54, 1.807) is 0 Å². The molecule has 94 valence electrons. The van der Waals surface area contributed by atoms with E-state index in [-0.39, 0.29) is 11.4 Å². The first kappa shape index (κ1) is 13.1. The van der Waals surface area contributed by atoms with Crippen molar-refractivity contribution in [1.29, 1.82) is 0 Å². The maximum Gasteiger partial charge on any atom is 0.338 e. The third-order valence-electron chi connectivity index (χ3n) is 2.17. The molecular weight excluding hydrogens is 237 g/mol. The highest BCUT2D eigenvalue weighted by Crippen LogP contribution is 2.26. The van der Waals surface area contributed by atoms with E-state index in [0.717, 1.165) is 17.0 Å². The predicted molar refractivity (Wildman–Crippen MR) is 57.0 cm³/mol. The smallest absolute Gasteiger partial charge is 0.338 e. The Morgan fingerprint density at radius 1 is 1.53 bits per heavy atom. The van der Waals surface area contributed by atoms with Crippen LogP contribution in [0.1, 0.15) is 10.4 Å². The molecule has 0 unspecified atom stereocenters. The number of rotatable bonds is 4. The van der Waals surface area contributed by atoms with Crippen LogP contribution in [0.25, 0.3) is 0 Å². The molecule has 3 N–H and O–H groups in total. The fraction of sp³-hybridized carbons (Fsp3) is 0.300. The third-order valence-corrected chi connectivity index (χ3v) is 2.17. The van der Waals surface area contributed by atoms with Gasteiger partial charge in [-0.05, 0) is 6.07 Å². The SMILES string of the molecule is CN(CC(F)F)c1cc(F)c(C(=O)O)cc1N. The summed E-state index contributed by atoms with van der Waals surface area (Å²) in [5.74, 6) is -2.47. The highest BCUT2D eigenvalue weighted by atomic mass is 19.3. The molecule has 0 spiro atoms. The van der Waals surface area contributed by atoms with E-state index in [1.807, 2.05) is 0 Å². The van der Waals surface area contributed by atoms with Crippen molar-refractivity contribution in [2.75, 3.05) is 24.2 Å². The molecule has 17 heavy (non-hydrogen) atoms. The average Bonchev–Trinajstić information content (AvgIpc) is 2.19. The average molecular weight is 248 g/mol. The number of nitrogens with zero attached hydrogens (tertiary/aromatic N) is 1. The van der Waals surface area contributed by atoms with Crippen LogP contribution in [0.5, 0.6) is 0 Å². The molecule has 0 fully saturated rings. The van der Waals surface area contributed by atoms with E-state index in [0.29, 0.717) is 0 Å². The van der Waals surface area contributed by atoms with Gasteiger partial charge in [-0.25, -0.2) is 18.0 Å². The molecule has 1 rings (SSSR count). The lowest BCUT2D eigenvalue weighted by atomic mass is 10.1. The van der Waals surface area contributed by atoms with Crippen molar-refractivity contribution in [2.45, 2.75) is 6.43 Å². The van der Waals surface area contributed by atoms with Gasteiger partial charge in [-0.1, -0.05) is 0 Å². The molecule has 1 aromatic rings. The van der Waals surface area contributed by atoms with Gasteiger partial charge in [-0.3, -0.25) is 0 Å². The Kier molecular flexibility index (Phi) is 3.82. The molecule has 0 radical (unpaired) electrons. The Hall–Kier alpha value is -1.92. The molecule has 0 aliphatic rings. The van der Waals surface area contributed by atoms with Gasteiger partial charge in [0.25, 0.3) is 6.43 Å². The zero-order valence-corrected chi connectivity index (χ0v) is 8.95. The van der Waals surface area contributed by atoms with E-state index >= 15 is 0 Å². The molecule has 0 amide bonds. The predicted octanol–water partition coefficient (Wildman–Crippen LogP) is 1.81. The maximum atomic E-state index is 13.3. The van der Waals surface area contributed by atoms with Crippen molar-refractivity contribution < 1.29 is 23.1 Å². The van der Waals surface area contributed by atoms with Crippen LogP contribution in [0.3, 0.4) is 0 Å². The lowest BCUT2D eigenvalue weighted by molar-refractivity contribution is 0.0692. The number of aromatic carboxylic acids is 1. The van der Waals surface area contributed by atoms with Crippen LogP contribution >= 0.6 is 0 Å². The monoisotopic (exact) mass is 248 g/mol. The standard InChI is InChI=1S/C10H11F3N2O2/c1-15(4-9(12)13)8-3-6(11)5(10(16)17)2-7(8)14/h2-3,9H,4,14H2,1H3,(H,16,17). The first-order chi connectivity index (χ1) is 7.82. The number of anilines is 2. The summed E-state index contributed by atoms with van der Waals surface area (Å²) in [6, 6.07) is 1.75. The Labute approximate surface area is 95.4 Å². The maximum absolute atomic E-state index is 13.3. The minimum atomic E-state index is -2.60. The molecule has 0 bridgehead atoms. The van der Waals surface area contributed by atoms with Crippen molar-refractivity contribution in [3.8, 4) is 0 Å². The molecule has 0 atom stereocenters. The number of alkyl halides is 2. The second kappa shape index (κ2) is 4.94. The number of carboxylic acid groups (broad SMARTS) is 1. The van der Waals surface area contributed by atoms with Crippen molar-refractivity contribution in [3.05, 3.63) is 23.5 Å². The first-order valence-corrected chi connectivity index (χ1v) is 4.64. The van der Waals surface area contributed by atoms with Crippen molar-refractivity contribution in [1.82, 2.24) is 0 Å². The van der Waals surface area contributed by atoms with Gasteiger partial charge in [0.05, 0.1) is 23.5 Å². The Bertz CT molecular complexity index is 438. The minimum absolute atomic E-state index is 0.0350. The molecule has 0 saturated heterocycles. The summed E-state index contributed by atoms with van der Waals surface area (Å²) in [5.41, 5.74) is 4.87. The lowest BCUT2D eigenvalue weighted by Crippen LogP contribution is -2.25. The molecule has 0 heterocycles. The second-order valence-corrected chi connectivity index (χ2v) is 3.47. The van der Waals surface area contributed by atoms with Crippen LogP contribution < -0.4 is 10.6 Å². The van der Waals surface area contributed by atoms with Gasteiger partial charge in [0, 0.05) is 13.1 Å². The molecule has 7 heteroatoms. The van der Waals surface area contributed by atoms with E-state index in [1.165, 1.54) is 7.05 Å². The van der Waals surface area contributed by atoms with Gasteiger partial charge in [0.15, 0.2) is 0 Å². The number of nitrogen functional groups attached to an aromatic ring is 1. The number of hydrogen-bond acceptors (Lipinski definition) is 3. The van der Waals surface area contributed by atoms with Crippen LogP contribution in [0.2, 0.25) is 0 Å². The van der Waals surface area contributed by atoms with Gasteiger partial charge < -0.3 is 15.7 Å². The van der Waals surface area contributed by atoms with Crippen molar-refractivity contribution >= 4 is 17.3 Å². The van der Waals surface area contributed by atoms with Gasteiger partial charge in [0.1, 0.15) is 5.82 Å². The largest absolute Gasteiger partial charge is 0.478 e. The Morgan fingerprint density at radius 3 is 2.59 bits per heavy atom. The highest BCUT2D eigenvalue weighted by Gasteiger charge is 2.17. The summed E-state index contributed by atoms with van der Waals surface area (Å²) < 4.78 is 37.6. The van der Waals surface area contributed by atoms with Crippen molar-refractivity contribution in [3.63, 3.8) is 0 Å². The first-order valence-electron chi connectivity index (χ1n) is 4.64. The number of carbonyl (C=O) groups is 1. The number of nitrogens with two attached hydrogens (primary N) is 1. The Morgan fingerprint density at radius 2 is 2.12 bits per heavy atom.